The topological polar surface area (TPSA) is 35.2 Å². The second-order valence-electron chi connectivity index (χ2n) is 5.17. The van der Waals surface area contributed by atoms with Crippen LogP contribution in [0.3, 0.4) is 0 Å². The summed E-state index contributed by atoms with van der Waals surface area (Å²) in [5, 5.41) is 0. The summed E-state index contributed by atoms with van der Waals surface area (Å²) in [7, 11) is 0. The summed E-state index contributed by atoms with van der Waals surface area (Å²) in [4.78, 5) is 0. The minimum atomic E-state index is -0.275. The van der Waals surface area contributed by atoms with E-state index in [1.807, 2.05) is 0 Å². The second kappa shape index (κ2) is 4.04. The lowest BCUT2D eigenvalue weighted by atomic mass is 9.78. The molecule has 2 heterocycles. The molecule has 17 heavy (non-hydrogen) atoms. The lowest BCUT2D eigenvalue weighted by Crippen LogP contribution is -2.50. The lowest BCUT2D eigenvalue weighted by molar-refractivity contribution is 0.0856. The van der Waals surface area contributed by atoms with Crippen LogP contribution < -0.4 is 5.73 Å². The number of benzene rings is 1. The van der Waals surface area contributed by atoms with Crippen molar-refractivity contribution in [3.63, 3.8) is 0 Å². The number of hydrogen-bond acceptors (Lipinski definition) is 2. The van der Waals surface area contributed by atoms with Gasteiger partial charge in [0.25, 0.3) is 0 Å². The van der Waals surface area contributed by atoms with Crippen LogP contribution >= 0.6 is 15.9 Å². The third kappa shape index (κ3) is 2.02. The Hall–Kier alpha value is -0.450. The number of nitrogens with two attached hydrogens (primary N) is 1. The molecule has 1 aromatic carbocycles. The molecule has 2 aliphatic rings. The average Bonchev–Trinajstić information content (AvgIpc) is 2.82. The van der Waals surface area contributed by atoms with E-state index in [1.54, 1.807) is 6.07 Å². The Bertz CT molecular complexity index is 453. The van der Waals surface area contributed by atoms with Gasteiger partial charge in [-0.3, -0.25) is 0 Å². The van der Waals surface area contributed by atoms with Crippen LogP contribution in [-0.4, -0.2) is 17.7 Å². The first-order chi connectivity index (χ1) is 8.07. The summed E-state index contributed by atoms with van der Waals surface area (Å²) < 4.78 is 19.6. The molecule has 3 unspecified atom stereocenters. The highest BCUT2D eigenvalue weighted by Crippen LogP contribution is 2.42. The molecular formula is C13H15BrFNO. The average molecular weight is 300 g/mol. The Morgan fingerprint density at radius 3 is 2.88 bits per heavy atom. The van der Waals surface area contributed by atoms with Crippen LogP contribution in [-0.2, 0) is 11.2 Å². The quantitative estimate of drug-likeness (QED) is 0.911. The Morgan fingerprint density at radius 2 is 2.29 bits per heavy atom. The van der Waals surface area contributed by atoms with E-state index in [4.69, 9.17) is 10.5 Å². The maximum Gasteiger partial charge on any atom is 0.124 e. The lowest BCUT2D eigenvalue weighted by Gasteiger charge is -2.31. The van der Waals surface area contributed by atoms with E-state index in [1.165, 1.54) is 12.1 Å². The molecule has 1 aromatic rings. The van der Waals surface area contributed by atoms with Crippen molar-refractivity contribution in [2.75, 3.05) is 0 Å². The van der Waals surface area contributed by atoms with Crippen molar-refractivity contribution in [1.82, 2.24) is 0 Å². The highest BCUT2D eigenvalue weighted by atomic mass is 79.9. The first-order valence-corrected chi connectivity index (χ1v) is 6.74. The van der Waals surface area contributed by atoms with Gasteiger partial charge in [-0.1, -0.05) is 22.0 Å². The number of fused-ring (bicyclic) bond motifs is 2. The van der Waals surface area contributed by atoms with Crippen LogP contribution in [0.5, 0.6) is 0 Å². The van der Waals surface area contributed by atoms with Crippen molar-refractivity contribution in [2.45, 2.75) is 43.4 Å². The summed E-state index contributed by atoms with van der Waals surface area (Å²) in [6, 6.07) is 4.78. The molecule has 0 aliphatic carbocycles. The molecular weight excluding hydrogens is 285 g/mol. The SMILES string of the molecule is NC1(Cc2ccc(F)cc2Br)CC2CCC1O2. The van der Waals surface area contributed by atoms with E-state index in [2.05, 4.69) is 15.9 Å². The van der Waals surface area contributed by atoms with Gasteiger partial charge in [0, 0.05) is 10.0 Å². The van der Waals surface area contributed by atoms with Gasteiger partial charge < -0.3 is 10.5 Å². The van der Waals surface area contributed by atoms with Crippen molar-refractivity contribution in [2.24, 2.45) is 5.73 Å². The Balaban J connectivity index is 1.83. The van der Waals surface area contributed by atoms with E-state index in [0.29, 0.717) is 6.10 Å². The van der Waals surface area contributed by atoms with Gasteiger partial charge in [-0.2, -0.15) is 0 Å². The summed E-state index contributed by atoms with van der Waals surface area (Å²) >= 11 is 3.40. The highest BCUT2D eigenvalue weighted by molar-refractivity contribution is 9.10. The molecule has 2 saturated heterocycles. The minimum Gasteiger partial charge on any atom is -0.373 e. The van der Waals surface area contributed by atoms with Gasteiger partial charge in [-0.15, -0.1) is 0 Å². The molecule has 0 radical (unpaired) electrons. The van der Waals surface area contributed by atoms with Gasteiger partial charge in [-0.25, -0.2) is 4.39 Å². The van der Waals surface area contributed by atoms with Gasteiger partial charge in [0.2, 0.25) is 0 Å². The first kappa shape index (κ1) is 11.6. The second-order valence-corrected chi connectivity index (χ2v) is 6.03. The van der Waals surface area contributed by atoms with Gasteiger partial charge in [0.15, 0.2) is 0 Å². The number of hydrogen-bond donors (Lipinski definition) is 1. The van der Waals surface area contributed by atoms with Crippen LogP contribution in [0, 0.1) is 5.82 Å². The molecule has 0 amide bonds. The van der Waals surface area contributed by atoms with Crippen LogP contribution in [0.2, 0.25) is 0 Å². The van der Waals surface area contributed by atoms with E-state index >= 15 is 0 Å². The normalized spacial score (nSPS) is 35.5. The highest BCUT2D eigenvalue weighted by Gasteiger charge is 2.49. The molecule has 3 rings (SSSR count). The molecule has 2 N–H and O–H groups in total. The van der Waals surface area contributed by atoms with Crippen LogP contribution in [0.4, 0.5) is 4.39 Å². The Labute approximate surface area is 108 Å². The fraction of sp³-hybridized carbons (Fsp3) is 0.538. The van der Waals surface area contributed by atoms with Crippen molar-refractivity contribution in [3.8, 4) is 0 Å². The van der Waals surface area contributed by atoms with Gasteiger partial charge in [0.05, 0.1) is 12.2 Å². The van der Waals surface area contributed by atoms with Crippen LogP contribution in [0.15, 0.2) is 22.7 Å². The van der Waals surface area contributed by atoms with Crippen molar-refractivity contribution < 1.29 is 9.13 Å². The maximum atomic E-state index is 13.0. The molecule has 4 heteroatoms. The third-order valence-electron chi connectivity index (χ3n) is 3.89. The Kier molecular flexibility index (Phi) is 2.76. The molecule has 0 spiro atoms. The third-order valence-corrected chi connectivity index (χ3v) is 4.63. The van der Waals surface area contributed by atoms with Crippen LogP contribution in [0.25, 0.3) is 0 Å². The molecule has 0 aromatic heterocycles. The largest absolute Gasteiger partial charge is 0.373 e. The number of rotatable bonds is 2. The van der Waals surface area contributed by atoms with E-state index in [9.17, 15) is 4.39 Å². The zero-order valence-corrected chi connectivity index (χ0v) is 11.0. The van der Waals surface area contributed by atoms with Crippen molar-refractivity contribution >= 4 is 15.9 Å². The van der Waals surface area contributed by atoms with Gasteiger partial charge in [-0.05, 0) is 43.4 Å². The molecule has 2 bridgehead atoms. The van der Waals surface area contributed by atoms with Gasteiger partial charge >= 0.3 is 0 Å². The molecule has 0 saturated carbocycles. The summed E-state index contributed by atoms with van der Waals surface area (Å²) in [6.45, 7) is 0. The maximum absolute atomic E-state index is 13.0. The fourth-order valence-corrected chi connectivity index (χ4v) is 3.53. The summed E-state index contributed by atoms with van der Waals surface area (Å²) in [6.07, 6.45) is 4.36. The van der Waals surface area contributed by atoms with E-state index in [-0.39, 0.29) is 17.5 Å². The van der Waals surface area contributed by atoms with Gasteiger partial charge in [0.1, 0.15) is 5.82 Å². The number of ether oxygens (including phenoxy) is 1. The predicted molar refractivity (Wildman–Crippen MR) is 67.2 cm³/mol. The zero-order chi connectivity index (χ0) is 12.0. The first-order valence-electron chi connectivity index (χ1n) is 5.95. The zero-order valence-electron chi connectivity index (χ0n) is 9.46. The summed E-state index contributed by atoms with van der Waals surface area (Å²) in [5.41, 5.74) is 7.23. The van der Waals surface area contributed by atoms with E-state index in [0.717, 1.165) is 35.7 Å². The number of halogens is 2. The predicted octanol–water partition coefficient (Wildman–Crippen LogP) is 2.78. The minimum absolute atomic E-state index is 0.171. The van der Waals surface area contributed by atoms with E-state index < -0.39 is 0 Å². The fourth-order valence-electron chi connectivity index (χ4n) is 3.04. The standard InChI is InChI=1S/C13H15BrFNO/c14-11-5-9(15)2-1-8(11)6-13(16)7-10-3-4-12(13)17-10/h1-2,5,10,12H,3-4,6-7,16H2. The molecule has 3 atom stereocenters. The van der Waals surface area contributed by atoms with Crippen LogP contribution in [0.1, 0.15) is 24.8 Å². The van der Waals surface area contributed by atoms with Crippen molar-refractivity contribution in [3.05, 3.63) is 34.1 Å². The molecule has 2 nitrogen and oxygen atoms in total. The van der Waals surface area contributed by atoms with Crippen molar-refractivity contribution in [1.29, 1.82) is 0 Å². The summed E-state index contributed by atoms with van der Waals surface area (Å²) in [5.74, 6) is -0.226. The molecule has 2 fully saturated rings. The monoisotopic (exact) mass is 299 g/mol. The molecule has 2 aliphatic heterocycles. The molecule has 92 valence electrons. The smallest absolute Gasteiger partial charge is 0.124 e. The Morgan fingerprint density at radius 1 is 1.47 bits per heavy atom.